The van der Waals surface area contributed by atoms with Crippen LogP contribution in [-0.4, -0.2) is 19.0 Å². The van der Waals surface area contributed by atoms with Crippen LogP contribution in [0.15, 0.2) is 35.5 Å². The minimum Gasteiger partial charge on any atom is -0.347 e. The molecule has 0 radical (unpaired) electrons. The van der Waals surface area contributed by atoms with Crippen LogP contribution in [0.4, 0.5) is 0 Å². The van der Waals surface area contributed by atoms with Gasteiger partial charge >= 0.3 is 0 Å². The van der Waals surface area contributed by atoms with Crippen LogP contribution in [0.1, 0.15) is 46.0 Å². The van der Waals surface area contributed by atoms with Gasteiger partial charge in [-0.2, -0.15) is 0 Å². The van der Waals surface area contributed by atoms with Gasteiger partial charge in [0.1, 0.15) is 0 Å². The van der Waals surface area contributed by atoms with E-state index in [9.17, 15) is 0 Å². The predicted octanol–water partition coefficient (Wildman–Crippen LogP) is 4.14. The molecule has 0 aromatic heterocycles. The normalized spacial score (nSPS) is 25.2. The molecule has 0 unspecified atom stereocenters. The summed E-state index contributed by atoms with van der Waals surface area (Å²) in [5.74, 6) is -0.269. The maximum absolute atomic E-state index is 5.72. The minimum absolute atomic E-state index is 0.269. The molecule has 0 bridgehead atoms. The van der Waals surface area contributed by atoms with Crippen molar-refractivity contribution < 1.29 is 9.47 Å². The molecule has 2 nitrogen and oxygen atoms in total. The molecular weight excluding hydrogens is 224 g/mol. The van der Waals surface area contributed by atoms with Crippen molar-refractivity contribution in [3.8, 4) is 0 Å². The molecule has 1 aliphatic heterocycles. The Hall–Kier alpha value is -0.860. The van der Waals surface area contributed by atoms with Crippen LogP contribution in [0.5, 0.6) is 0 Å². The first-order valence-electron chi connectivity index (χ1n) is 7.21. The third-order valence-corrected chi connectivity index (χ3v) is 3.67. The highest BCUT2D eigenvalue weighted by Crippen LogP contribution is 2.38. The molecule has 100 valence electrons. The second kappa shape index (κ2) is 6.35. The van der Waals surface area contributed by atoms with Crippen LogP contribution in [0.3, 0.4) is 0 Å². The third-order valence-electron chi connectivity index (χ3n) is 3.67. The lowest BCUT2D eigenvalue weighted by Crippen LogP contribution is -2.31. The Morgan fingerprint density at radius 2 is 1.83 bits per heavy atom. The average molecular weight is 248 g/mol. The van der Waals surface area contributed by atoms with E-state index in [-0.39, 0.29) is 5.79 Å². The van der Waals surface area contributed by atoms with E-state index in [1.54, 1.807) is 0 Å². The van der Waals surface area contributed by atoms with Crippen molar-refractivity contribution in [3.05, 3.63) is 35.5 Å². The van der Waals surface area contributed by atoms with E-state index in [4.69, 9.17) is 9.47 Å². The quantitative estimate of drug-likeness (QED) is 0.694. The Bertz CT molecular complexity index is 357. The minimum atomic E-state index is -0.269. The summed E-state index contributed by atoms with van der Waals surface area (Å²) >= 11 is 0. The van der Waals surface area contributed by atoms with E-state index < -0.39 is 0 Å². The van der Waals surface area contributed by atoms with E-state index >= 15 is 0 Å². The fraction of sp³-hybridized carbons (Fsp3) is 0.625. The van der Waals surface area contributed by atoms with Gasteiger partial charge in [-0.3, -0.25) is 0 Å². The molecule has 0 aromatic rings. The first-order chi connectivity index (χ1) is 8.88. The van der Waals surface area contributed by atoms with Crippen molar-refractivity contribution in [2.45, 2.75) is 51.7 Å². The fourth-order valence-corrected chi connectivity index (χ4v) is 2.73. The second-order valence-electron chi connectivity index (χ2n) is 4.70. The highest BCUT2D eigenvalue weighted by atomic mass is 16.7. The zero-order chi connectivity index (χ0) is 12.8. The Morgan fingerprint density at radius 1 is 1.06 bits per heavy atom. The van der Waals surface area contributed by atoms with Gasteiger partial charge in [-0.05, 0) is 30.4 Å². The highest BCUT2D eigenvalue weighted by molar-refractivity contribution is 5.37. The predicted molar refractivity (Wildman–Crippen MR) is 74.4 cm³/mol. The lowest BCUT2D eigenvalue weighted by atomic mass is 9.86. The van der Waals surface area contributed by atoms with Gasteiger partial charge in [0, 0.05) is 12.8 Å². The number of rotatable bonds is 1. The lowest BCUT2D eigenvalue weighted by molar-refractivity contribution is -0.161. The summed E-state index contributed by atoms with van der Waals surface area (Å²) in [5.41, 5.74) is 3.02. The summed E-state index contributed by atoms with van der Waals surface area (Å²) in [6, 6.07) is 0. The van der Waals surface area contributed by atoms with Gasteiger partial charge in [0.2, 0.25) is 0 Å². The molecular formula is C16H24O2. The van der Waals surface area contributed by atoms with Gasteiger partial charge in [0.25, 0.3) is 0 Å². The van der Waals surface area contributed by atoms with Crippen molar-refractivity contribution in [1.82, 2.24) is 0 Å². The van der Waals surface area contributed by atoms with Gasteiger partial charge in [0.15, 0.2) is 5.79 Å². The number of hydrogen-bond acceptors (Lipinski definition) is 2. The van der Waals surface area contributed by atoms with Gasteiger partial charge in [-0.25, -0.2) is 0 Å². The van der Waals surface area contributed by atoms with E-state index in [1.165, 1.54) is 24.0 Å². The summed E-state index contributed by atoms with van der Waals surface area (Å²) in [5, 5.41) is 0. The molecule has 1 spiro atoms. The number of hydrogen-bond donors (Lipinski definition) is 0. The fourth-order valence-electron chi connectivity index (χ4n) is 2.73. The van der Waals surface area contributed by atoms with Gasteiger partial charge in [-0.15, -0.1) is 0 Å². The van der Waals surface area contributed by atoms with Gasteiger partial charge < -0.3 is 9.47 Å². The van der Waals surface area contributed by atoms with E-state index in [0.29, 0.717) is 0 Å². The van der Waals surface area contributed by atoms with Gasteiger partial charge in [0.05, 0.1) is 13.2 Å². The lowest BCUT2D eigenvalue weighted by Gasteiger charge is -2.31. The van der Waals surface area contributed by atoms with E-state index in [1.807, 2.05) is 13.8 Å². The van der Waals surface area contributed by atoms with E-state index in [0.717, 1.165) is 32.5 Å². The maximum atomic E-state index is 5.72. The summed E-state index contributed by atoms with van der Waals surface area (Å²) in [7, 11) is 0. The molecule has 1 heterocycles. The molecule has 0 aromatic carbocycles. The van der Waals surface area contributed by atoms with Crippen LogP contribution >= 0.6 is 0 Å². The summed E-state index contributed by atoms with van der Waals surface area (Å²) in [6.07, 6.45) is 14.4. The SMILES string of the molecule is C1=CCCC(C2=CCC3(CC2)OCCO3)=C1.CC. The standard InChI is InChI=1S/C14H18O2.C2H6/c1-2-4-12(5-3-1)13-6-8-14(9-7-13)15-10-11-16-14;1-2/h1-2,4,6H,3,5,7-11H2;1-2H3. The number of allylic oxidation sites excluding steroid dienone is 5. The van der Waals surface area contributed by atoms with Gasteiger partial charge in [-0.1, -0.05) is 38.2 Å². The molecule has 1 fully saturated rings. The molecule has 2 aliphatic carbocycles. The highest BCUT2D eigenvalue weighted by Gasteiger charge is 2.37. The topological polar surface area (TPSA) is 18.5 Å². The maximum Gasteiger partial charge on any atom is 0.172 e. The smallest absolute Gasteiger partial charge is 0.172 e. The Labute approximate surface area is 110 Å². The monoisotopic (exact) mass is 248 g/mol. The van der Waals surface area contributed by atoms with Crippen molar-refractivity contribution in [2.75, 3.05) is 13.2 Å². The largest absolute Gasteiger partial charge is 0.347 e. The van der Waals surface area contributed by atoms with Crippen LogP contribution < -0.4 is 0 Å². The second-order valence-corrected chi connectivity index (χ2v) is 4.70. The Balaban J connectivity index is 0.000000574. The van der Waals surface area contributed by atoms with Crippen LogP contribution in [0.25, 0.3) is 0 Å². The first-order valence-corrected chi connectivity index (χ1v) is 7.21. The molecule has 0 amide bonds. The van der Waals surface area contributed by atoms with Crippen LogP contribution in [0, 0.1) is 0 Å². The summed E-state index contributed by atoms with van der Waals surface area (Å²) in [4.78, 5) is 0. The molecule has 18 heavy (non-hydrogen) atoms. The third kappa shape index (κ3) is 2.93. The zero-order valence-corrected chi connectivity index (χ0v) is 11.6. The average Bonchev–Trinajstić information content (AvgIpc) is 2.91. The molecule has 0 N–H and O–H groups in total. The molecule has 2 heteroatoms. The van der Waals surface area contributed by atoms with Crippen molar-refractivity contribution in [1.29, 1.82) is 0 Å². The first kappa shape index (κ1) is 13.6. The molecule has 3 aliphatic rings. The summed E-state index contributed by atoms with van der Waals surface area (Å²) < 4.78 is 11.4. The van der Waals surface area contributed by atoms with E-state index in [2.05, 4.69) is 24.3 Å². The van der Waals surface area contributed by atoms with Crippen molar-refractivity contribution in [3.63, 3.8) is 0 Å². The van der Waals surface area contributed by atoms with Crippen LogP contribution in [-0.2, 0) is 9.47 Å². The summed E-state index contributed by atoms with van der Waals surface area (Å²) in [6.45, 7) is 5.52. The molecule has 0 saturated carbocycles. The van der Waals surface area contributed by atoms with Crippen LogP contribution in [0.2, 0.25) is 0 Å². The zero-order valence-electron chi connectivity index (χ0n) is 11.6. The Kier molecular flexibility index (Phi) is 4.79. The molecule has 3 rings (SSSR count). The Morgan fingerprint density at radius 3 is 2.39 bits per heavy atom. The van der Waals surface area contributed by atoms with Crippen molar-refractivity contribution in [2.24, 2.45) is 0 Å². The number of ether oxygens (including phenoxy) is 2. The molecule has 0 atom stereocenters. The molecule has 1 saturated heterocycles. The van der Waals surface area contributed by atoms with Crippen molar-refractivity contribution >= 4 is 0 Å².